The summed E-state index contributed by atoms with van der Waals surface area (Å²) in [7, 11) is 0. The van der Waals surface area contributed by atoms with Crippen LogP contribution < -0.4 is 0 Å². The van der Waals surface area contributed by atoms with Crippen molar-refractivity contribution in [1.82, 2.24) is 4.57 Å². The molecular weight excluding hydrogens is 154 g/mol. The lowest BCUT2D eigenvalue weighted by molar-refractivity contribution is 0.766. The maximum Gasteiger partial charge on any atom is 0.0281 e. The molecule has 1 rings (SSSR count). The van der Waals surface area contributed by atoms with E-state index in [1.807, 2.05) is 11.8 Å². The first-order valence-corrected chi connectivity index (χ1v) is 5.25. The third-order valence-electron chi connectivity index (χ3n) is 1.96. The number of thioether (sulfide) groups is 1. The molecule has 0 radical (unpaired) electrons. The zero-order valence-electron chi connectivity index (χ0n) is 7.37. The molecule has 62 valence electrons. The number of hydrogen-bond donors (Lipinski definition) is 0. The maximum atomic E-state index is 2.24. The van der Waals surface area contributed by atoms with E-state index in [0.717, 1.165) is 6.54 Å². The fraction of sp³-hybridized carbons (Fsp3) is 0.556. The molecule has 0 bridgehead atoms. The minimum absolute atomic E-state index is 0.628. The Bertz CT molecular complexity index is 217. The van der Waals surface area contributed by atoms with Crippen LogP contribution in [0.5, 0.6) is 0 Å². The second kappa shape index (κ2) is 3.86. The van der Waals surface area contributed by atoms with Gasteiger partial charge in [0.25, 0.3) is 0 Å². The van der Waals surface area contributed by atoms with Crippen LogP contribution in [0.25, 0.3) is 0 Å². The van der Waals surface area contributed by atoms with Gasteiger partial charge >= 0.3 is 0 Å². The Morgan fingerprint density at radius 2 is 2.36 bits per heavy atom. The number of hydrogen-bond acceptors (Lipinski definition) is 1. The summed E-state index contributed by atoms with van der Waals surface area (Å²) in [5, 5.41) is 0.628. The van der Waals surface area contributed by atoms with Crippen molar-refractivity contribution in [1.29, 1.82) is 0 Å². The van der Waals surface area contributed by atoms with Gasteiger partial charge in [-0.1, -0.05) is 0 Å². The fourth-order valence-electron chi connectivity index (χ4n) is 1.03. The van der Waals surface area contributed by atoms with E-state index in [2.05, 4.69) is 43.1 Å². The average Bonchev–Trinajstić information content (AvgIpc) is 2.50. The van der Waals surface area contributed by atoms with Gasteiger partial charge in [0.1, 0.15) is 0 Å². The monoisotopic (exact) mass is 169 g/mol. The molecule has 1 heterocycles. The van der Waals surface area contributed by atoms with E-state index < -0.39 is 0 Å². The molecule has 0 aliphatic carbocycles. The molecule has 1 nitrogen and oxygen atoms in total. The first-order valence-electron chi connectivity index (χ1n) is 3.96. The molecule has 0 aliphatic rings. The summed E-state index contributed by atoms with van der Waals surface area (Å²) < 4.78 is 2.21. The average molecular weight is 169 g/mol. The largest absolute Gasteiger partial charge is 0.354 e. The quantitative estimate of drug-likeness (QED) is 0.673. The van der Waals surface area contributed by atoms with Gasteiger partial charge in [-0.2, -0.15) is 11.8 Å². The predicted molar refractivity (Wildman–Crippen MR) is 52.0 cm³/mol. The molecule has 1 unspecified atom stereocenters. The summed E-state index contributed by atoms with van der Waals surface area (Å²) in [6.07, 6.45) is 6.51. The molecule has 1 atom stereocenters. The minimum atomic E-state index is 0.628. The Labute approximate surface area is 72.8 Å². The molecule has 0 aliphatic heterocycles. The third-order valence-corrected chi connectivity index (χ3v) is 2.94. The van der Waals surface area contributed by atoms with E-state index in [1.165, 1.54) is 5.56 Å². The Kier molecular flexibility index (Phi) is 3.06. The molecule has 0 saturated heterocycles. The second-order valence-electron chi connectivity index (χ2n) is 2.65. The van der Waals surface area contributed by atoms with Gasteiger partial charge in [0.15, 0.2) is 0 Å². The Hall–Kier alpha value is -0.370. The second-order valence-corrected chi connectivity index (χ2v) is 3.83. The van der Waals surface area contributed by atoms with E-state index >= 15 is 0 Å². The highest BCUT2D eigenvalue weighted by Crippen LogP contribution is 2.25. The van der Waals surface area contributed by atoms with Gasteiger partial charge in [-0.25, -0.2) is 0 Å². The standard InChI is InChI=1S/C9H15NS/c1-4-10-6-5-9(7-10)8(2)11-3/h5-8H,4H2,1-3H3. The molecule has 0 spiro atoms. The van der Waals surface area contributed by atoms with Crippen LogP contribution in [0, 0.1) is 0 Å². The molecule has 0 amide bonds. The van der Waals surface area contributed by atoms with Crippen LogP contribution in [-0.4, -0.2) is 10.8 Å². The van der Waals surface area contributed by atoms with E-state index in [9.17, 15) is 0 Å². The van der Waals surface area contributed by atoms with Crippen LogP contribution in [-0.2, 0) is 6.54 Å². The third kappa shape index (κ3) is 2.03. The summed E-state index contributed by atoms with van der Waals surface area (Å²) in [6.45, 7) is 5.47. The van der Waals surface area contributed by atoms with Crippen molar-refractivity contribution in [3.05, 3.63) is 24.0 Å². The molecule has 0 fully saturated rings. The Balaban J connectivity index is 2.71. The molecule has 0 N–H and O–H groups in total. The van der Waals surface area contributed by atoms with E-state index in [1.54, 1.807) is 0 Å². The zero-order valence-corrected chi connectivity index (χ0v) is 8.19. The molecule has 11 heavy (non-hydrogen) atoms. The van der Waals surface area contributed by atoms with E-state index in [4.69, 9.17) is 0 Å². The van der Waals surface area contributed by atoms with Crippen molar-refractivity contribution < 1.29 is 0 Å². The van der Waals surface area contributed by atoms with Gasteiger partial charge in [-0.05, 0) is 31.7 Å². The van der Waals surface area contributed by atoms with Crippen molar-refractivity contribution >= 4 is 11.8 Å². The van der Waals surface area contributed by atoms with Crippen molar-refractivity contribution in [2.45, 2.75) is 25.6 Å². The van der Waals surface area contributed by atoms with E-state index in [0.29, 0.717) is 5.25 Å². The molecule has 1 aromatic rings. The topological polar surface area (TPSA) is 4.93 Å². The highest BCUT2D eigenvalue weighted by molar-refractivity contribution is 7.98. The first kappa shape index (κ1) is 8.72. The van der Waals surface area contributed by atoms with Gasteiger partial charge in [0, 0.05) is 24.2 Å². The van der Waals surface area contributed by atoms with E-state index in [-0.39, 0.29) is 0 Å². The normalized spacial score (nSPS) is 13.4. The summed E-state index contributed by atoms with van der Waals surface area (Å²) >= 11 is 1.89. The number of aromatic nitrogens is 1. The molecule has 0 saturated carbocycles. The maximum absolute atomic E-state index is 2.24. The summed E-state index contributed by atoms with van der Waals surface area (Å²) in [4.78, 5) is 0. The smallest absolute Gasteiger partial charge is 0.0281 e. The van der Waals surface area contributed by atoms with Gasteiger partial charge in [0.05, 0.1) is 0 Å². The SMILES string of the molecule is CCn1ccc(C(C)SC)c1. The molecule has 0 aromatic carbocycles. The lowest BCUT2D eigenvalue weighted by Gasteiger charge is -2.03. The minimum Gasteiger partial charge on any atom is -0.354 e. The summed E-state index contributed by atoms with van der Waals surface area (Å²) in [5.74, 6) is 0. The van der Waals surface area contributed by atoms with Crippen LogP contribution in [0.15, 0.2) is 18.5 Å². The van der Waals surface area contributed by atoms with Crippen LogP contribution in [0.4, 0.5) is 0 Å². The lowest BCUT2D eigenvalue weighted by atomic mass is 10.3. The lowest BCUT2D eigenvalue weighted by Crippen LogP contribution is -1.88. The van der Waals surface area contributed by atoms with Gasteiger partial charge < -0.3 is 4.57 Å². The van der Waals surface area contributed by atoms with Gasteiger partial charge in [0.2, 0.25) is 0 Å². The van der Waals surface area contributed by atoms with Crippen molar-refractivity contribution in [3.63, 3.8) is 0 Å². The number of nitrogens with zero attached hydrogens (tertiary/aromatic N) is 1. The zero-order chi connectivity index (χ0) is 8.27. The molecule has 1 aromatic heterocycles. The van der Waals surface area contributed by atoms with Crippen LogP contribution in [0.1, 0.15) is 24.7 Å². The first-order chi connectivity index (χ1) is 5.27. The van der Waals surface area contributed by atoms with Gasteiger partial charge in [-0.3, -0.25) is 0 Å². The number of aryl methyl sites for hydroxylation is 1. The van der Waals surface area contributed by atoms with Crippen molar-refractivity contribution in [3.8, 4) is 0 Å². The summed E-state index contributed by atoms with van der Waals surface area (Å²) in [5.41, 5.74) is 1.43. The highest BCUT2D eigenvalue weighted by Gasteiger charge is 2.03. The number of rotatable bonds is 3. The van der Waals surface area contributed by atoms with Crippen molar-refractivity contribution in [2.75, 3.05) is 6.26 Å². The van der Waals surface area contributed by atoms with Crippen molar-refractivity contribution in [2.24, 2.45) is 0 Å². The fourth-order valence-corrected chi connectivity index (χ4v) is 1.44. The predicted octanol–water partition coefficient (Wildman–Crippen LogP) is 2.93. The Morgan fingerprint density at radius 1 is 1.64 bits per heavy atom. The van der Waals surface area contributed by atoms with Gasteiger partial charge in [-0.15, -0.1) is 0 Å². The van der Waals surface area contributed by atoms with Crippen LogP contribution >= 0.6 is 11.8 Å². The molecule has 2 heteroatoms. The Morgan fingerprint density at radius 3 is 2.82 bits per heavy atom. The van der Waals surface area contributed by atoms with Crippen LogP contribution in [0.3, 0.4) is 0 Å². The summed E-state index contributed by atoms with van der Waals surface area (Å²) in [6, 6.07) is 2.20. The molecular formula is C9H15NS. The van der Waals surface area contributed by atoms with Crippen LogP contribution in [0.2, 0.25) is 0 Å². The highest BCUT2D eigenvalue weighted by atomic mass is 32.2.